The van der Waals surface area contributed by atoms with Crippen LogP contribution in [0, 0.1) is 5.41 Å². The molecule has 0 aliphatic heterocycles. The smallest absolute Gasteiger partial charge is 0.323 e. The van der Waals surface area contributed by atoms with Crippen molar-refractivity contribution in [3.05, 3.63) is 42.4 Å². The second kappa shape index (κ2) is 7.26. The van der Waals surface area contributed by atoms with Crippen molar-refractivity contribution in [3.63, 3.8) is 0 Å². The van der Waals surface area contributed by atoms with E-state index < -0.39 is 0 Å². The Hall–Kier alpha value is -2.37. The minimum Gasteiger partial charge on any atom is -0.324 e. The SMILES string of the molecule is CCN(CC(C)(C)C)C(=O)Nc1ccn(Cc2ccncc2)n1. The van der Waals surface area contributed by atoms with Crippen molar-refractivity contribution in [2.45, 2.75) is 34.2 Å². The summed E-state index contributed by atoms with van der Waals surface area (Å²) < 4.78 is 1.80. The molecular weight excluding hydrogens is 290 g/mol. The average Bonchev–Trinajstić information content (AvgIpc) is 2.92. The van der Waals surface area contributed by atoms with E-state index in [0.29, 0.717) is 25.5 Å². The Kier molecular flexibility index (Phi) is 5.36. The van der Waals surface area contributed by atoms with Crippen LogP contribution in [0.5, 0.6) is 0 Å². The van der Waals surface area contributed by atoms with E-state index in [4.69, 9.17) is 0 Å². The third kappa shape index (κ3) is 5.39. The van der Waals surface area contributed by atoms with Gasteiger partial charge in [-0.2, -0.15) is 5.10 Å². The van der Waals surface area contributed by atoms with Crippen LogP contribution in [-0.2, 0) is 6.54 Å². The van der Waals surface area contributed by atoms with Crippen molar-refractivity contribution in [1.29, 1.82) is 0 Å². The van der Waals surface area contributed by atoms with E-state index in [2.05, 4.69) is 36.2 Å². The lowest BCUT2D eigenvalue weighted by Gasteiger charge is -2.28. The highest BCUT2D eigenvalue weighted by atomic mass is 16.2. The van der Waals surface area contributed by atoms with Gasteiger partial charge >= 0.3 is 6.03 Å². The molecule has 0 aliphatic rings. The molecule has 0 saturated heterocycles. The maximum Gasteiger partial charge on any atom is 0.323 e. The molecule has 6 heteroatoms. The van der Waals surface area contributed by atoms with Crippen molar-refractivity contribution in [3.8, 4) is 0 Å². The Labute approximate surface area is 137 Å². The quantitative estimate of drug-likeness (QED) is 0.921. The van der Waals surface area contributed by atoms with E-state index >= 15 is 0 Å². The maximum absolute atomic E-state index is 12.3. The Bertz CT molecular complexity index is 630. The van der Waals surface area contributed by atoms with Crippen LogP contribution in [0.3, 0.4) is 0 Å². The third-order valence-corrected chi connectivity index (χ3v) is 3.30. The van der Waals surface area contributed by atoms with Crippen LogP contribution < -0.4 is 5.32 Å². The Balaban J connectivity index is 1.96. The van der Waals surface area contributed by atoms with E-state index in [0.717, 1.165) is 5.56 Å². The highest BCUT2D eigenvalue weighted by Gasteiger charge is 2.20. The number of carbonyl (C=O) groups is 1. The summed E-state index contributed by atoms with van der Waals surface area (Å²) in [6.07, 6.45) is 5.37. The largest absolute Gasteiger partial charge is 0.324 e. The van der Waals surface area contributed by atoms with Gasteiger partial charge in [-0.3, -0.25) is 15.0 Å². The van der Waals surface area contributed by atoms with Gasteiger partial charge in [0.15, 0.2) is 5.82 Å². The lowest BCUT2D eigenvalue weighted by atomic mass is 9.96. The summed E-state index contributed by atoms with van der Waals surface area (Å²) in [5.41, 5.74) is 1.18. The molecule has 0 radical (unpaired) electrons. The van der Waals surface area contributed by atoms with E-state index in [9.17, 15) is 4.79 Å². The first kappa shape index (κ1) is 17.0. The van der Waals surface area contributed by atoms with Crippen molar-refractivity contribution in [1.82, 2.24) is 19.7 Å². The predicted molar refractivity (Wildman–Crippen MR) is 91.3 cm³/mol. The summed E-state index contributed by atoms with van der Waals surface area (Å²) in [6, 6.07) is 5.59. The van der Waals surface area contributed by atoms with Crippen LogP contribution in [0.2, 0.25) is 0 Å². The molecule has 2 heterocycles. The van der Waals surface area contributed by atoms with E-state index in [1.807, 2.05) is 31.3 Å². The summed E-state index contributed by atoms with van der Waals surface area (Å²) in [7, 11) is 0. The van der Waals surface area contributed by atoms with Gasteiger partial charge in [0.1, 0.15) is 0 Å². The number of pyridine rings is 1. The van der Waals surface area contributed by atoms with Gasteiger partial charge < -0.3 is 4.90 Å². The maximum atomic E-state index is 12.3. The van der Waals surface area contributed by atoms with Crippen LogP contribution in [0.15, 0.2) is 36.8 Å². The Morgan fingerprint density at radius 1 is 1.26 bits per heavy atom. The van der Waals surface area contributed by atoms with Gasteiger partial charge in [0.2, 0.25) is 0 Å². The first-order chi connectivity index (χ1) is 10.9. The molecule has 0 saturated carbocycles. The molecule has 2 rings (SSSR count). The minimum absolute atomic E-state index is 0.0635. The Morgan fingerprint density at radius 2 is 1.96 bits per heavy atom. The number of carbonyl (C=O) groups excluding carboxylic acids is 1. The normalized spacial score (nSPS) is 11.3. The molecule has 0 aliphatic carbocycles. The van der Waals surface area contributed by atoms with Crippen LogP contribution in [0.25, 0.3) is 0 Å². The van der Waals surface area contributed by atoms with E-state index in [-0.39, 0.29) is 11.4 Å². The van der Waals surface area contributed by atoms with Gasteiger partial charge in [-0.1, -0.05) is 20.8 Å². The van der Waals surface area contributed by atoms with E-state index in [1.165, 1.54) is 0 Å². The van der Waals surface area contributed by atoms with Gasteiger partial charge in [-0.15, -0.1) is 0 Å². The first-order valence-corrected chi connectivity index (χ1v) is 7.85. The van der Waals surface area contributed by atoms with Gasteiger partial charge in [0.05, 0.1) is 6.54 Å². The second-order valence-corrected chi connectivity index (χ2v) is 6.76. The number of nitrogens with one attached hydrogen (secondary N) is 1. The number of aromatic nitrogens is 3. The predicted octanol–water partition coefficient (Wildman–Crippen LogP) is 3.23. The first-order valence-electron chi connectivity index (χ1n) is 7.85. The van der Waals surface area contributed by atoms with Gasteiger partial charge in [-0.05, 0) is 30.0 Å². The Morgan fingerprint density at radius 3 is 2.57 bits per heavy atom. The third-order valence-electron chi connectivity index (χ3n) is 3.30. The lowest BCUT2D eigenvalue weighted by molar-refractivity contribution is 0.189. The van der Waals surface area contributed by atoms with Crippen molar-refractivity contribution < 1.29 is 4.79 Å². The van der Waals surface area contributed by atoms with Crippen LogP contribution >= 0.6 is 0 Å². The highest BCUT2D eigenvalue weighted by Crippen LogP contribution is 2.16. The molecule has 0 unspecified atom stereocenters. The standard InChI is InChI=1S/C17H25N5O/c1-5-21(13-17(2,3)4)16(23)19-15-8-11-22(20-15)12-14-6-9-18-10-7-14/h6-11H,5,12-13H2,1-4H3,(H,19,20,23). The number of amides is 2. The molecule has 6 nitrogen and oxygen atoms in total. The zero-order valence-electron chi connectivity index (χ0n) is 14.3. The van der Waals surface area contributed by atoms with Gasteiger partial charge in [-0.25, -0.2) is 4.79 Å². The number of hydrogen-bond acceptors (Lipinski definition) is 3. The summed E-state index contributed by atoms with van der Waals surface area (Å²) in [6.45, 7) is 10.4. The molecule has 0 spiro atoms. The summed E-state index contributed by atoms with van der Waals surface area (Å²) in [4.78, 5) is 18.1. The summed E-state index contributed by atoms with van der Waals surface area (Å²) >= 11 is 0. The molecule has 0 fully saturated rings. The molecule has 1 N–H and O–H groups in total. The molecule has 2 aromatic heterocycles. The van der Waals surface area contributed by atoms with Crippen LogP contribution in [0.1, 0.15) is 33.3 Å². The number of anilines is 1. The summed E-state index contributed by atoms with van der Waals surface area (Å²) in [5, 5.41) is 7.26. The zero-order valence-corrected chi connectivity index (χ0v) is 14.3. The topological polar surface area (TPSA) is 63.1 Å². The molecule has 0 aromatic carbocycles. The van der Waals surface area contributed by atoms with Crippen molar-refractivity contribution in [2.24, 2.45) is 5.41 Å². The van der Waals surface area contributed by atoms with Crippen molar-refractivity contribution >= 4 is 11.8 Å². The highest BCUT2D eigenvalue weighted by molar-refractivity contribution is 5.88. The fraction of sp³-hybridized carbons (Fsp3) is 0.471. The molecule has 2 amide bonds. The van der Waals surface area contributed by atoms with Gasteiger partial charge in [0, 0.05) is 37.7 Å². The number of hydrogen-bond donors (Lipinski definition) is 1. The molecule has 0 atom stereocenters. The fourth-order valence-corrected chi connectivity index (χ4v) is 2.28. The minimum atomic E-state index is -0.114. The van der Waals surface area contributed by atoms with Gasteiger partial charge in [0.25, 0.3) is 0 Å². The summed E-state index contributed by atoms with van der Waals surface area (Å²) in [5.74, 6) is 0.566. The second-order valence-electron chi connectivity index (χ2n) is 6.76. The molecule has 2 aromatic rings. The lowest BCUT2D eigenvalue weighted by Crippen LogP contribution is -2.40. The molecule has 124 valence electrons. The molecule has 23 heavy (non-hydrogen) atoms. The monoisotopic (exact) mass is 315 g/mol. The number of nitrogens with zero attached hydrogens (tertiary/aromatic N) is 4. The average molecular weight is 315 g/mol. The fourth-order valence-electron chi connectivity index (χ4n) is 2.28. The zero-order chi connectivity index (χ0) is 16.9. The van der Waals surface area contributed by atoms with E-state index in [1.54, 1.807) is 22.0 Å². The van der Waals surface area contributed by atoms with Crippen LogP contribution in [-0.4, -0.2) is 38.8 Å². The number of urea groups is 1. The molecular formula is C17H25N5O. The van der Waals surface area contributed by atoms with Crippen LogP contribution in [0.4, 0.5) is 10.6 Å². The van der Waals surface area contributed by atoms with Crippen molar-refractivity contribution in [2.75, 3.05) is 18.4 Å². The molecule has 0 bridgehead atoms. The number of rotatable bonds is 5.